The quantitative estimate of drug-likeness (QED) is 0.169. The molecule has 3 N–H and O–H groups in total. The van der Waals surface area contributed by atoms with Crippen LogP contribution in [0.15, 0.2) is 97.5 Å². The van der Waals surface area contributed by atoms with Gasteiger partial charge in [0.05, 0.1) is 5.69 Å². The number of anilines is 3. The van der Waals surface area contributed by atoms with Crippen molar-refractivity contribution >= 4 is 41.0 Å². The van der Waals surface area contributed by atoms with Crippen LogP contribution < -0.4 is 16.0 Å². The number of pyridine rings is 1. The van der Waals surface area contributed by atoms with Crippen molar-refractivity contribution in [1.29, 1.82) is 0 Å². The first-order valence-corrected chi connectivity index (χ1v) is 16.7. The van der Waals surface area contributed by atoms with Crippen LogP contribution in [-0.4, -0.2) is 61.5 Å². The SMILES string of the molecule is Cc1ccc(NC(=O)c2ccc(CN(C)Cc3ccc4c(c3)CN(C3CCC(=O)NC3=O)C4=O)cc2)cc1Nc1nccc(-c2cccnc2)n1. The van der Waals surface area contributed by atoms with Crippen molar-refractivity contribution in [2.45, 2.75) is 45.4 Å². The fraction of sp³-hybridized carbons (Fsp3) is 0.205. The van der Waals surface area contributed by atoms with E-state index in [0.717, 1.165) is 39.2 Å². The Morgan fingerprint density at radius 1 is 0.961 bits per heavy atom. The number of aryl methyl sites for hydroxylation is 1. The smallest absolute Gasteiger partial charge is 0.255 e. The summed E-state index contributed by atoms with van der Waals surface area (Å²) in [5.74, 6) is -0.682. The number of carbonyl (C=O) groups is 4. The van der Waals surface area contributed by atoms with E-state index < -0.39 is 11.9 Å². The summed E-state index contributed by atoms with van der Waals surface area (Å²) in [5, 5.41) is 8.60. The lowest BCUT2D eigenvalue weighted by Gasteiger charge is -2.29. The number of rotatable bonds is 10. The number of nitrogens with one attached hydrogen (secondary N) is 3. The van der Waals surface area contributed by atoms with Gasteiger partial charge in [0.2, 0.25) is 17.8 Å². The molecule has 1 saturated heterocycles. The number of imide groups is 1. The number of hydrogen-bond donors (Lipinski definition) is 3. The van der Waals surface area contributed by atoms with Gasteiger partial charge in [0, 0.05) is 72.7 Å². The highest BCUT2D eigenvalue weighted by molar-refractivity contribution is 6.06. The Balaban J connectivity index is 0.941. The summed E-state index contributed by atoms with van der Waals surface area (Å²) in [4.78, 5) is 67.0. The molecule has 2 aliphatic heterocycles. The maximum absolute atomic E-state index is 13.2. The Hall–Kier alpha value is -6.27. The lowest BCUT2D eigenvalue weighted by molar-refractivity contribution is -0.136. The minimum absolute atomic E-state index is 0.180. The largest absolute Gasteiger partial charge is 0.324 e. The van der Waals surface area contributed by atoms with Crippen LogP contribution in [0, 0.1) is 6.92 Å². The van der Waals surface area contributed by atoms with Gasteiger partial charge in [0.1, 0.15) is 6.04 Å². The van der Waals surface area contributed by atoms with Crippen LogP contribution in [0.2, 0.25) is 0 Å². The van der Waals surface area contributed by atoms with Crippen molar-refractivity contribution in [1.82, 2.24) is 30.1 Å². The van der Waals surface area contributed by atoms with Gasteiger partial charge in [-0.3, -0.25) is 34.4 Å². The predicted octanol–water partition coefficient (Wildman–Crippen LogP) is 5.24. The zero-order valence-corrected chi connectivity index (χ0v) is 28.2. The van der Waals surface area contributed by atoms with Crippen LogP contribution in [0.4, 0.5) is 17.3 Å². The summed E-state index contributed by atoms with van der Waals surface area (Å²) >= 11 is 0. The van der Waals surface area contributed by atoms with Crippen molar-refractivity contribution in [3.8, 4) is 11.3 Å². The number of piperidine rings is 1. The molecule has 2 aromatic heterocycles. The van der Waals surface area contributed by atoms with Crippen molar-refractivity contribution in [3.63, 3.8) is 0 Å². The summed E-state index contributed by atoms with van der Waals surface area (Å²) in [5.41, 5.74) is 8.12. The highest BCUT2D eigenvalue weighted by Crippen LogP contribution is 2.29. The zero-order chi connectivity index (χ0) is 35.5. The van der Waals surface area contributed by atoms with Gasteiger partial charge in [-0.2, -0.15) is 0 Å². The molecule has 1 unspecified atom stereocenters. The van der Waals surface area contributed by atoms with E-state index in [1.165, 1.54) is 0 Å². The van der Waals surface area contributed by atoms with Crippen molar-refractivity contribution < 1.29 is 19.2 Å². The highest BCUT2D eigenvalue weighted by atomic mass is 16.2. The van der Waals surface area contributed by atoms with E-state index in [9.17, 15) is 19.2 Å². The summed E-state index contributed by atoms with van der Waals surface area (Å²) in [6.45, 7) is 3.61. The predicted molar refractivity (Wildman–Crippen MR) is 192 cm³/mol. The molecule has 1 fully saturated rings. The van der Waals surface area contributed by atoms with Gasteiger partial charge in [-0.1, -0.05) is 30.3 Å². The molecular weight excluding hydrogens is 644 g/mol. The highest BCUT2D eigenvalue weighted by Gasteiger charge is 2.39. The van der Waals surface area contributed by atoms with Gasteiger partial charge in [-0.15, -0.1) is 0 Å². The van der Waals surface area contributed by atoms with Gasteiger partial charge >= 0.3 is 0 Å². The molecule has 0 radical (unpaired) electrons. The fourth-order valence-corrected chi connectivity index (χ4v) is 6.42. The molecule has 3 aromatic carbocycles. The molecule has 1 atom stereocenters. The van der Waals surface area contributed by atoms with E-state index in [-0.39, 0.29) is 24.1 Å². The molecular formula is C39H36N8O4. The molecule has 12 heteroatoms. The van der Waals surface area contributed by atoms with Crippen LogP contribution in [-0.2, 0) is 29.2 Å². The summed E-state index contributed by atoms with van der Waals surface area (Å²) in [6.07, 6.45) is 5.72. The molecule has 5 aromatic rings. The number of fused-ring (bicyclic) bond motifs is 1. The molecule has 2 aliphatic rings. The van der Waals surface area contributed by atoms with E-state index >= 15 is 0 Å². The second-order valence-electron chi connectivity index (χ2n) is 12.9. The Morgan fingerprint density at radius 2 is 1.76 bits per heavy atom. The van der Waals surface area contributed by atoms with Crippen molar-refractivity contribution in [2.75, 3.05) is 17.7 Å². The molecule has 0 bridgehead atoms. The lowest BCUT2D eigenvalue weighted by Crippen LogP contribution is -2.52. The molecule has 0 saturated carbocycles. The topological polar surface area (TPSA) is 150 Å². The molecule has 51 heavy (non-hydrogen) atoms. The number of amides is 4. The van der Waals surface area contributed by atoms with E-state index in [2.05, 4.69) is 35.8 Å². The average molecular weight is 681 g/mol. The molecule has 0 aliphatic carbocycles. The number of hydrogen-bond acceptors (Lipinski definition) is 9. The lowest BCUT2D eigenvalue weighted by atomic mass is 10.0. The van der Waals surface area contributed by atoms with Gasteiger partial charge in [0.15, 0.2) is 0 Å². The van der Waals surface area contributed by atoms with Gasteiger partial charge < -0.3 is 15.5 Å². The van der Waals surface area contributed by atoms with Crippen LogP contribution in [0.25, 0.3) is 11.3 Å². The van der Waals surface area contributed by atoms with Gasteiger partial charge in [-0.05, 0) is 91.2 Å². The van der Waals surface area contributed by atoms with E-state index in [1.54, 1.807) is 23.5 Å². The van der Waals surface area contributed by atoms with Crippen molar-refractivity contribution in [3.05, 3.63) is 131 Å². The molecule has 4 heterocycles. The maximum atomic E-state index is 13.2. The molecule has 4 amide bonds. The summed E-state index contributed by atoms with van der Waals surface area (Å²) < 4.78 is 0. The minimum Gasteiger partial charge on any atom is -0.324 e. The number of carbonyl (C=O) groups excluding carboxylic acids is 4. The summed E-state index contributed by atoms with van der Waals surface area (Å²) in [7, 11) is 2.01. The molecule has 12 nitrogen and oxygen atoms in total. The number of aromatic nitrogens is 3. The van der Waals surface area contributed by atoms with E-state index in [4.69, 9.17) is 0 Å². The average Bonchev–Trinajstić information content (AvgIpc) is 3.45. The fourth-order valence-electron chi connectivity index (χ4n) is 6.42. The second-order valence-corrected chi connectivity index (χ2v) is 12.9. The van der Waals surface area contributed by atoms with Crippen LogP contribution in [0.3, 0.4) is 0 Å². The van der Waals surface area contributed by atoms with E-state index in [0.29, 0.717) is 48.8 Å². The maximum Gasteiger partial charge on any atom is 0.255 e. The van der Waals surface area contributed by atoms with Crippen molar-refractivity contribution in [2.24, 2.45) is 0 Å². The minimum atomic E-state index is -0.632. The monoisotopic (exact) mass is 680 g/mol. The molecule has 256 valence electrons. The molecule has 7 rings (SSSR count). The zero-order valence-electron chi connectivity index (χ0n) is 28.2. The van der Waals surface area contributed by atoms with Gasteiger partial charge in [-0.25, -0.2) is 9.97 Å². The number of nitrogens with zero attached hydrogens (tertiary/aromatic N) is 5. The Kier molecular flexibility index (Phi) is 9.32. The molecule has 0 spiro atoms. The third-order valence-corrected chi connectivity index (χ3v) is 9.06. The van der Waals surface area contributed by atoms with Crippen LogP contribution in [0.1, 0.15) is 55.8 Å². The third kappa shape index (κ3) is 7.51. The first-order chi connectivity index (χ1) is 24.7. The first-order valence-electron chi connectivity index (χ1n) is 16.7. The summed E-state index contributed by atoms with van der Waals surface area (Å²) in [6, 6.07) is 23.9. The number of benzene rings is 3. The van der Waals surface area contributed by atoms with Crippen LogP contribution >= 0.6 is 0 Å². The standard InChI is InChI=1S/C39H36N8O4/c1-24-5-11-30(19-33(24)44-39-41-17-15-32(43-39)28-4-3-16-40-20-28)42-36(49)27-9-6-25(7-10-27)21-46(2)22-26-8-12-31-29(18-26)23-47(38(31)51)34-13-14-35(48)45-37(34)50/h3-12,15-20,34H,13-14,21-23H2,1-2H3,(H,42,49)(H,41,43,44)(H,45,48,50). The Bertz CT molecular complexity index is 2140. The van der Waals surface area contributed by atoms with Crippen LogP contribution in [0.5, 0.6) is 0 Å². The normalized spacial score (nSPS) is 15.5. The Labute approximate surface area is 295 Å². The Morgan fingerprint density at radius 3 is 2.55 bits per heavy atom. The third-order valence-electron chi connectivity index (χ3n) is 9.06. The second kappa shape index (κ2) is 14.3. The van der Waals surface area contributed by atoms with Gasteiger partial charge in [0.25, 0.3) is 11.8 Å². The van der Waals surface area contributed by atoms with E-state index in [1.807, 2.05) is 92.8 Å². The first kappa shape index (κ1) is 33.2.